The number of ketones is 1. The van der Waals surface area contributed by atoms with E-state index >= 15 is 0 Å². The van der Waals surface area contributed by atoms with Gasteiger partial charge in [-0.05, 0) is 69.8 Å². The van der Waals surface area contributed by atoms with Crippen LogP contribution in [0.1, 0.15) is 81.1 Å². The summed E-state index contributed by atoms with van der Waals surface area (Å²) in [5, 5.41) is 6.56. The molecule has 2 aromatic rings. The summed E-state index contributed by atoms with van der Waals surface area (Å²) in [6.07, 6.45) is 12.1. The molecule has 3 amide bonds. The number of hydrogen-bond acceptors (Lipinski definition) is 10. The number of rotatable bonds is 8. The van der Waals surface area contributed by atoms with E-state index in [1.807, 2.05) is 36.6 Å². The average molecular weight is 786 g/mol. The van der Waals surface area contributed by atoms with Gasteiger partial charge in [-0.15, -0.1) is 11.8 Å². The molecule has 274 valence electrons. The number of alkyl halides is 1. The number of pyridine rings is 1. The summed E-state index contributed by atoms with van der Waals surface area (Å²) in [6.45, 7) is 0.0368. The molecule has 1 aromatic carbocycles. The van der Waals surface area contributed by atoms with E-state index in [2.05, 4.69) is 31.5 Å². The van der Waals surface area contributed by atoms with Gasteiger partial charge in [-0.1, -0.05) is 47.0 Å². The highest BCUT2D eigenvalue weighted by molar-refractivity contribution is 9.09. The number of nitrogens with zero attached hydrogens (tertiary/aromatic N) is 2. The van der Waals surface area contributed by atoms with E-state index in [0.29, 0.717) is 35.9 Å². The molecular formula is C37H45BrN4O8S. The summed E-state index contributed by atoms with van der Waals surface area (Å²) in [6, 6.07) is 5.34. The number of amides is 3. The first-order valence-corrected chi connectivity index (χ1v) is 20.1. The van der Waals surface area contributed by atoms with Crippen molar-refractivity contribution in [1.82, 2.24) is 20.5 Å². The van der Waals surface area contributed by atoms with Crippen molar-refractivity contribution in [2.75, 3.05) is 25.2 Å². The molecule has 2 aliphatic carbocycles. The molecule has 3 heterocycles. The number of esters is 1. The predicted molar refractivity (Wildman–Crippen MR) is 195 cm³/mol. The van der Waals surface area contributed by atoms with Crippen molar-refractivity contribution in [3.8, 4) is 5.75 Å². The second kappa shape index (κ2) is 16.4. The summed E-state index contributed by atoms with van der Waals surface area (Å²) in [5.41, 5.74) is -0.374. The molecule has 1 saturated heterocycles. The molecule has 0 radical (unpaired) electrons. The third kappa shape index (κ3) is 8.21. The van der Waals surface area contributed by atoms with Gasteiger partial charge in [0.15, 0.2) is 5.78 Å². The van der Waals surface area contributed by atoms with Crippen molar-refractivity contribution in [1.29, 1.82) is 0 Å². The lowest BCUT2D eigenvalue weighted by Gasteiger charge is -2.29. The first kappa shape index (κ1) is 37.1. The Labute approximate surface area is 310 Å². The Morgan fingerprint density at radius 3 is 2.63 bits per heavy atom. The Bertz CT molecular complexity index is 1700. The number of methoxy groups -OCH3 is 1. The maximum Gasteiger partial charge on any atom is 0.408 e. The fraction of sp³-hybridized carbons (Fsp3) is 0.568. The Hall–Kier alpha value is -3.65. The van der Waals surface area contributed by atoms with Crippen LogP contribution in [-0.4, -0.2) is 94.6 Å². The standard InChI is InChI=1S/C37H45BrN4O8S/c1-48-35(46)37-19-22(37)11-6-4-3-5-7-15-26(40-36(47)50-23-12-8-9-13-23)34(45)42-21-24(17-28(42)33(44)41-37)49-30-18-27(29(43)20-38)39-32-25(30)14-10-16-31(32)51-2/h6,10-11,14,16,18,22-24,26,28H,3-5,7-9,12-13,15,17,19-21H2,1-2H3,(H,40,47)(H,41,44)/t22?,24-,26+,28+,37-/m1/s1. The lowest BCUT2D eigenvalue weighted by atomic mass is 10.0. The van der Waals surface area contributed by atoms with Gasteiger partial charge in [0.25, 0.3) is 0 Å². The molecule has 14 heteroatoms. The van der Waals surface area contributed by atoms with Crippen LogP contribution in [0.4, 0.5) is 4.79 Å². The number of hydrogen-bond donors (Lipinski definition) is 2. The van der Waals surface area contributed by atoms with E-state index in [4.69, 9.17) is 14.2 Å². The van der Waals surface area contributed by atoms with Gasteiger partial charge in [0.1, 0.15) is 41.3 Å². The minimum absolute atomic E-state index is 0.0368. The Morgan fingerprint density at radius 2 is 1.88 bits per heavy atom. The molecule has 4 aliphatic rings. The fourth-order valence-electron chi connectivity index (χ4n) is 7.49. The monoisotopic (exact) mass is 784 g/mol. The number of halogens is 1. The molecule has 12 nitrogen and oxygen atoms in total. The highest BCUT2D eigenvalue weighted by Gasteiger charge is 2.62. The molecule has 2 N–H and O–H groups in total. The van der Waals surface area contributed by atoms with Gasteiger partial charge in [-0.3, -0.25) is 14.4 Å². The number of Topliss-reactive ketones (excluding diaryl/α,β-unsaturated/α-hetero) is 1. The molecule has 1 aromatic heterocycles. The number of nitrogens with one attached hydrogen (secondary N) is 2. The van der Waals surface area contributed by atoms with Gasteiger partial charge in [-0.2, -0.15) is 0 Å². The second-order valence-corrected chi connectivity index (χ2v) is 15.1. The number of para-hydroxylation sites is 1. The smallest absolute Gasteiger partial charge is 0.408 e. The summed E-state index contributed by atoms with van der Waals surface area (Å²) in [4.78, 5) is 74.6. The Kier molecular flexibility index (Phi) is 11.9. The van der Waals surface area contributed by atoms with E-state index in [1.54, 1.807) is 6.07 Å². The van der Waals surface area contributed by atoms with Crippen molar-refractivity contribution in [3.05, 3.63) is 42.1 Å². The van der Waals surface area contributed by atoms with Crippen LogP contribution in [-0.2, 0) is 23.9 Å². The number of allylic oxidation sites excluding steroid dienone is 1. The van der Waals surface area contributed by atoms with Crippen molar-refractivity contribution < 1.29 is 38.2 Å². The maximum absolute atomic E-state index is 14.5. The zero-order valence-electron chi connectivity index (χ0n) is 29.0. The van der Waals surface area contributed by atoms with Crippen molar-refractivity contribution in [2.24, 2.45) is 5.92 Å². The molecule has 1 unspecified atom stereocenters. The molecule has 2 aliphatic heterocycles. The lowest BCUT2D eigenvalue weighted by Crippen LogP contribution is -2.56. The topological polar surface area (TPSA) is 153 Å². The van der Waals surface area contributed by atoms with Gasteiger partial charge in [-0.25, -0.2) is 14.6 Å². The normalized spacial score (nSPS) is 27.1. The SMILES string of the molecule is COC(=O)[C@@]12CC1C=CCCCCC[C@H](NC(=O)OC1CCCC1)C(=O)N1C[C@H](Oc3cc(C(=O)CBr)nc4c(SC)cccc34)C[C@H]1C(=O)N2. The highest BCUT2D eigenvalue weighted by Crippen LogP contribution is 2.46. The molecule has 2 saturated carbocycles. The van der Waals surface area contributed by atoms with Crippen molar-refractivity contribution in [3.63, 3.8) is 0 Å². The second-order valence-electron chi connectivity index (χ2n) is 13.7. The number of aromatic nitrogens is 1. The highest BCUT2D eigenvalue weighted by atomic mass is 79.9. The van der Waals surface area contributed by atoms with E-state index in [9.17, 15) is 24.0 Å². The molecule has 51 heavy (non-hydrogen) atoms. The first-order chi connectivity index (χ1) is 24.7. The van der Waals surface area contributed by atoms with Gasteiger partial charge in [0.05, 0.1) is 24.5 Å². The van der Waals surface area contributed by atoms with Gasteiger partial charge >= 0.3 is 12.1 Å². The zero-order valence-corrected chi connectivity index (χ0v) is 31.4. The molecule has 0 bridgehead atoms. The third-order valence-corrected chi connectivity index (χ3v) is 11.6. The quantitative estimate of drug-likeness (QED) is 0.116. The van der Waals surface area contributed by atoms with Gasteiger partial charge in [0, 0.05) is 28.7 Å². The number of carbonyl (C=O) groups is 5. The van der Waals surface area contributed by atoms with Crippen LogP contribution in [0.2, 0.25) is 0 Å². The molecular weight excluding hydrogens is 740 g/mol. The number of carbonyl (C=O) groups excluding carboxylic acids is 5. The Morgan fingerprint density at radius 1 is 1.10 bits per heavy atom. The van der Waals surface area contributed by atoms with E-state index < -0.39 is 47.6 Å². The fourth-order valence-corrected chi connectivity index (χ4v) is 8.34. The number of alkyl carbamates (subject to hydrolysis) is 1. The summed E-state index contributed by atoms with van der Waals surface area (Å²) in [7, 11) is 1.30. The molecule has 6 rings (SSSR count). The minimum Gasteiger partial charge on any atom is -0.488 e. The van der Waals surface area contributed by atoms with Crippen molar-refractivity contribution >= 4 is 68.3 Å². The van der Waals surface area contributed by atoms with E-state index in [-0.39, 0.29) is 41.8 Å². The zero-order chi connectivity index (χ0) is 36.1. The number of benzene rings is 1. The predicted octanol–water partition coefficient (Wildman–Crippen LogP) is 5.49. The van der Waals surface area contributed by atoms with Crippen LogP contribution >= 0.6 is 27.7 Å². The van der Waals surface area contributed by atoms with E-state index in [0.717, 1.165) is 49.8 Å². The minimum atomic E-state index is -1.22. The van der Waals surface area contributed by atoms with Crippen molar-refractivity contribution in [2.45, 2.75) is 105 Å². The van der Waals surface area contributed by atoms with E-state index in [1.165, 1.54) is 23.8 Å². The molecule has 3 fully saturated rings. The molecule has 5 atom stereocenters. The third-order valence-electron chi connectivity index (χ3n) is 10.3. The summed E-state index contributed by atoms with van der Waals surface area (Å²) >= 11 is 4.74. The van der Waals surface area contributed by atoms with Crippen LogP contribution in [0.15, 0.2) is 41.3 Å². The van der Waals surface area contributed by atoms with Crippen LogP contribution < -0.4 is 15.4 Å². The van der Waals surface area contributed by atoms with Gasteiger partial charge in [0.2, 0.25) is 11.8 Å². The summed E-state index contributed by atoms with van der Waals surface area (Å²) < 4.78 is 17.4. The van der Waals surface area contributed by atoms with Crippen LogP contribution in [0, 0.1) is 5.92 Å². The first-order valence-electron chi connectivity index (χ1n) is 17.8. The van der Waals surface area contributed by atoms with Crippen LogP contribution in [0.5, 0.6) is 5.75 Å². The number of thioether (sulfide) groups is 1. The maximum atomic E-state index is 14.5. The van der Waals surface area contributed by atoms with Crippen LogP contribution in [0.25, 0.3) is 10.9 Å². The molecule has 0 spiro atoms. The number of ether oxygens (including phenoxy) is 3. The summed E-state index contributed by atoms with van der Waals surface area (Å²) in [5.74, 6) is -1.49. The Balaban J connectivity index is 1.32. The van der Waals surface area contributed by atoms with Gasteiger partial charge < -0.3 is 29.7 Å². The average Bonchev–Trinajstić information content (AvgIpc) is 3.41. The number of fused-ring (bicyclic) bond motifs is 3. The van der Waals surface area contributed by atoms with Crippen LogP contribution in [0.3, 0.4) is 0 Å². The lowest BCUT2D eigenvalue weighted by molar-refractivity contribution is -0.148. The largest absolute Gasteiger partial charge is 0.488 e.